The van der Waals surface area contributed by atoms with Crippen LogP contribution in [0, 0.1) is 5.92 Å². The van der Waals surface area contributed by atoms with Gasteiger partial charge in [0.05, 0.1) is 0 Å². The lowest BCUT2D eigenvalue weighted by molar-refractivity contribution is 0.518. The lowest BCUT2D eigenvalue weighted by Gasteiger charge is -2.07. The van der Waals surface area contributed by atoms with Gasteiger partial charge in [-0.1, -0.05) is 25.7 Å². The molecule has 0 bridgehead atoms. The normalized spacial score (nSPS) is 17.8. The van der Waals surface area contributed by atoms with Crippen LogP contribution in [-0.2, 0) is 0 Å². The summed E-state index contributed by atoms with van der Waals surface area (Å²) in [5.74, 6) is 0.959. The summed E-state index contributed by atoms with van der Waals surface area (Å²) < 4.78 is 3.94. The topological polar surface area (TPSA) is 37.8 Å². The van der Waals surface area contributed by atoms with Crippen LogP contribution in [0.3, 0.4) is 0 Å². The molecule has 1 fully saturated rings. The second-order valence-electron chi connectivity index (χ2n) is 3.61. The Morgan fingerprint density at radius 1 is 1.46 bits per heavy atom. The minimum absolute atomic E-state index is 0.956. The molecule has 1 saturated carbocycles. The Hall–Kier alpha value is -0.640. The summed E-state index contributed by atoms with van der Waals surface area (Å²) in [4.78, 5) is 4.08. The van der Waals surface area contributed by atoms with Crippen molar-refractivity contribution in [3.63, 3.8) is 0 Å². The Labute approximate surface area is 82.8 Å². The van der Waals surface area contributed by atoms with Crippen LogP contribution in [0.15, 0.2) is 6.33 Å². The van der Waals surface area contributed by atoms with E-state index in [1.54, 1.807) is 6.33 Å². The number of nitrogens with one attached hydrogen (secondary N) is 1. The number of aromatic nitrogens is 2. The van der Waals surface area contributed by atoms with E-state index in [0.717, 1.165) is 17.6 Å². The fourth-order valence-corrected chi connectivity index (χ4v) is 2.39. The Bertz CT molecular complexity index is 229. The molecule has 0 unspecified atom stereocenters. The maximum absolute atomic E-state index is 4.08. The molecule has 0 aliphatic heterocycles. The quantitative estimate of drug-likeness (QED) is 0.806. The molecule has 1 aliphatic rings. The Kier molecular flexibility index (Phi) is 3.13. The third kappa shape index (κ3) is 2.66. The molecule has 1 aromatic rings. The largest absolute Gasteiger partial charge is 0.360 e. The molecule has 2 rings (SSSR count). The predicted octanol–water partition coefficient (Wildman–Crippen LogP) is 2.53. The van der Waals surface area contributed by atoms with Gasteiger partial charge < -0.3 is 5.32 Å². The third-order valence-corrected chi connectivity index (χ3v) is 3.29. The number of hydrogen-bond acceptors (Lipinski definition) is 4. The van der Waals surface area contributed by atoms with Gasteiger partial charge in [-0.15, -0.1) is 0 Å². The highest BCUT2D eigenvalue weighted by Gasteiger charge is 2.14. The molecule has 0 atom stereocenters. The lowest BCUT2D eigenvalue weighted by Crippen LogP contribution is -2.06. The van der Waals surface area contributed by atoms with Crippen molar-refractivity contribution in [1.29, 1.82) is 0 Å². The summed E-state index contributed by atoms with van der Waals surface area (Å²) in [5.41, 5.74) is 0. The van der Waals surface area contributed by atoms with Crippen molar-refractivity contribution in [2.24, 2.45) is 5.92 Å². The Balaban J connectivity index is 1.63. The summed E-state index contributed by atoms with van der Waals surface area (Å²) in [6.07, 6.45) is 8.62. The molecule has 0 aromatic carbocycles. The van der Waals surface area contributed by atoms with E-state index >= 15 is 0 Å². The van der Waals surface area contributed by atoms with Crippen LogP contribution in [-0.4, -0.2) is 15.9 Å². The molecular weight excluding hydrogens is 182 g/mol. The molecule has 1 aromatic heterocycles. The van der Waals surface area contributed by atoms with Crippen molar-refractivity contribution in [2.75, 3.05) is 11.9 Å². The number of hydrogen-bond donors (Lipinski definition) is 1. The first kappa shape index (κ1) is 8.94. The number of anilines is 1. The minimum Gasteiger partial charge on any atom is -0.360 e. The number of nitrogens with zero attached hydrogens (tertiary/aromatic N) is 2. The van der Waals surface area contributed by atoms with Crippen molar-refractivity contribution in [3.05, 3.63) is 6.33 Å². The highest BCUT2D eigenvalue weighted by molar-refractivity contribution is 7.09. The fourth-order valence-electron chi connectivity index (χ4n) is 1.93. The van der Waals surface area contributed by atoms with Gasteiger partial charge in [-0.2, -0.15) is 4.37 Å². The van der Waals surface area contributed by atoms with Crippen molar-refractivity contribution >= 4 is 16.7 Å². The van der Waals surface area contributed by atoms with E-state index in [2.05, 4.69) is 14.7 Å². The van der Waals surface area contributed by atoms with Gasteiger partial charge in [-0.05, 0) is 12.3 Å². The summed E-state index contributed by atoms with van der Waals surface area (Å²) in [7, 11) is 0. The molecular formula is C9H15N3S. The van der Waals surface area contributed by atoms with Crippen LogP contribution in [0.1, 0.15) is 32.1 Å². The highest BCUT2D eigenvalue weighted by Crippen LogP contribution is 2.27. The fraction of sp³-hybridized carbons (Fsp3) is 0.778. The smallest absolute Gasteiger partial charge is 0.202 e. The van der Waals surface area contributed by atoms with E-state index in [4.69, 9.17) is 0 Å². The zero-order valence-corrected chi connectivity index (χ0v) is 8.52. The minimum atomic E-state index is 0.956. The number of rotatable bonds is 4. The molecule has 13 heavy (non-hydrogen) atoms. The van der Waals surface area contributed by atoms with Gasteiger partial charge in [0, 0.05) is 18.1 Å². The average molecular weight is 197 g/mol. The van der Waals surface area contributed by atoms with E-state index in [-0.39, 0.29) is 0 Å². The molecule has 3 nitrogen and oxygen atoms in total. The van der Waals surface area contributed by atoms with Gasteiger partial charge in [0.15, 0.2) is 0 Å². The zero-order chi connectivity index (χ0) is 8.93. The zero-order valence-electron chi connectivity index (χ0n) is 7.70. The molecule has 0 saturated heterocycles. The van der Waals surface area contributed by atoms with Gasteiger partial charge >= 0.3 is 0 Å². The van der Waals surface area contributed by atoms with Crippen molar-refractivity contribution < 1.29 is 0 Å². The van der Waals surface area contributed by atoms with Gasteiger partial charge in [0.1, 0.15) is 6.33 Å². The second-order valence-corrected chi connectivity index (χ2v) is 4.39. The van der Waals surface area contributed by atoms with Crippen LogP contribution in [0.25, 0.3) is 0 Å². The first-order chi connectivity index (χ1) is 6.45. The van der Waals surface area contributed by atoms with E-state index in [0.29, 0.717) is 0 Å². The van der Waals surface area contributed by atoms with Gasteiger partial charge in [-0.25, -0.2) is 4.98 Å². The average Bonchev–Trinajstić information content (AvgIpc) is 2.75. The molecule has 1 N–H and O–H groups in total. The molecule has 0 radical (unpaired) electrons. The Morgan fingerprint density at radius 2 is 2.31 bits per heavy atom. The van der Waals surface area contributed by atoms with Crippen LogP contribution < -0.4 is 5.32 Å². The third-order valence-electron chi connectivity index (χ3n) is 2.66. The first-order valence-corrected chi connectivity index (χ1v) is 5.73. The first-order valence-electron chi connectivity index (χ1n) is 4.96. The van der Waals surface area contributed by atoms with Crippen LogP contribution in [0.2, 0.25) is 0 Å². The molecule has 4 heteroatoms. The maximum atomic E-state index is 4.08. The summed E-state index contributed by atoms with van der Waals surface area (Å²) in [6, 6.07) is 0. The van der Waals surface area contributed by atoms with Gasteiger partial charge in [0.2, 0.25) is 5.13 Å². The van der Waals surface area contributed by atoms with Gasteiger partial charge in [0.25, 0.3) is 0 Å². The van der Waals surface area contributed by atoms with Gasteiger partial charge in [-0.3, -0.25) is 0 Å². The van der Waals surface area contributed by atoms with E-state index in [1.807, 2.05) is 0 Å². The molecule has 0 spiro atoms. The van der Waals surface area contributed by atoms with Crippen molar-refractivity contribution in [2.45, 2.75) is 32.1 Å². The molecule has 1 aliphatic carbocycles. The van der Waals surface area contributed by atoms with Crippen molar-refractivity contribution in [1.82, 2.24) is 9.36 Å². The van der Waals surface area contributed by atoms with Crippen LogP contribution in [0.4, 0.5) is 5.13 Å². The highest BCUT2D eigenvalue weighted by atomic mass is 32.1. The Morgan fingerprint density at radius 3 is 3.00 bits per heavy atom. The van der Waals surface area contributed by atoms with E-state index in [1.165, 1.54) is 43.6 Å². The summed E-state index contributed by atoms with van der Waals surface area (Å²) >= 11 is 1.43. The summed E-state index contributed by atoms with van der Waals surface area (Å²) in [5, 5.41) is 4.25. The van der Waals surface area contributed by atoms with Crippen LogP contribution in [0.5, 0.6) is 0 Å². The van der Waals surface area contributed by atoms with Crippen LogP contribution >= 0.6 is 11.5 Å². The standard InChI is InChI=1S/C9H15N3S/c1-2-4-8(3-1)5-6-10-9-11-7-12-13-9/h7-8H,1-6H2,(H,10,11,12). The second kappa shape index (κ2) is 4.56. The predicted molar refractivity (Wildman–Crippen MR) is 55.0 cm³/mol. The molecule has 1 heterocycles. The van der Waals surface area contributed by atoms with E-state index in [9.17, 15) is 0 Å². The SMILES string of the molecule is c1nsc(NCCC2CCCC2)n1. The lowest BCUT2D eigenvalue weighted by atomic mass is 10.0. The molecule has 0 amide bonds. The monoisotopic (exact) mass is 197 g/mol. The summed E-state index contributed by atoms with van der Waals surface area (Å²) in [6.45, 7) is 1.06. The van der Waals surface area contributed by atoms with E-state index < -0.39 is 0 Å². The van der Waals surface area contributed by atoms with Crippen molar-refractivity contribution in [3.8, 4) is 0 Å². The maximum Gasteiger partial charge on any atom is 0.202 e. The molecule has 72 valence electrons.